The monoisotopic (exact) mass is 1180 g/mol. The smallest absolute Gasteiger partial charge is 0.462 e. The van der Waals surface area contributed by atoms with E-state index in [0.717, 1.165) is 57.8 Å². The van der Waals surface area contributed by atoms with E-state index in [4.69, 9.17) is 23.3 Å². The molecule has 0 spiro atoms. The summed E-state index contributed by atoms with van der Waals surface area (Å²) in [5.74, 6) is -1.43. The Balaban J connectivity index is 4.62. The molecule has 0 saturated heterocycles. The molecule has 0 fully saturated rings. The van der Waals surface area contributed by atoms with Crippen LogP contribution in [0.2, 0.25) is 0 Å². The van der Waals surface area contributed by atoms with Gasteiger partial charge < -0.3 is 24.2 Å². The Morgan fingerprint density at radius 2 is 0.561 bits per heavy atom. The third kappa shape index (κ3) is 62.5. The van der Waals surface area contributed by atoms with Gasteiger partial charge in [-0.15, -0.1) is 0 Å². The zero-order valence-electron chi connectivity index (χ0n) is 54.0. The molecule has 0 aliphatic rings. The second kappa shape index (κ2) is 64.9. The van der Waals surface area contributed by atoms with Gasteiger partial charge in [-0.2, -0.15) is 0 Å². The molecule has 3 unspecified atom stereocenters. The number of phosphoric ester groups is 1. The van der Waals surface area contributed by atoms with Crippen molar-refractivity contribution in [1.29, 1.82) is 0 Å². The van der Waals surface area contributed by atoms with Gasteiger partial charge >= 0.3 is 25.7 Å². The van der Waals surface area contributed by atoms with Crippen LogP contribution in [-0.4, -0.2) is 66.5 Å². The highest BCUT2D eigenvalue weighted by molar-refractivity contribution is 7.47. The Kier molecular flexibility index (Phi) is 63.3. The SMILES string of the molecule is CCCCCCCC/C=C\CCCCCCCCCCCC(=O)OC(CO)COP(=O)(O)OCC(COC(=O)CCCCCCCCCCCCCCCCCCC)OC(=O)CCCCCCCCCCC/C=C\CCCCCCCC. The summed E-state index contributed by atoms with van der Waals surface area (Å²) in [5.41, 5.74) is 0. The number of ether oxygens (including phenoxy) is 3. The van der Waals surface area contributed by atoms with Crippen molar-refractivity contribution < 1.29 is 52.2 Å². The fourth-order valence-electron chi connectivity index (χ4n) is 10.5. The molecule has 0 aliphatic carbocycles. The quantitative estimate of drug-likeness (QED) is 0.0197. The third-order valence-electron chi connectivity index (χ3n) is 15.8. The van der Waals surface area contributed by atoms with Crippen LogP contribution >= 0.6 is 7.82 Å². The summed E-state index contributed by atoms with van der Waals surface area (Å²) in [5, 5.41) is 9.88. The molecule has 0 bridgehead atoms. The molecule has 0 amide bonds. The van der Waals surface area contributed by atoms with E-state index in [1.54, 1.807) is 0 Å². The number of rotatable bonds is 67. The first-order valence-corrected chi connectivity index (χ1v) is 36.7. The van der Waals surface area contributed by atoms with Crippen LogP contribution in [-0.2, 0) is 42.2 Å². The van der Waals surface area contributed by atoms with E-state index in [1.807, 2.05) is 0 Å². The molecule has 0 aromatic rings. The van der Waals surface area contributed by atoms with Crippen molar-refractivity contribution >= 4 is 25.7 Å². The predicted octanol–water partition coefficient (Wildman–Crippen LogP) is 21.7. The first-order valence-electron chi connectivity index (χ1n) is 35.2. The molecule has 3 atom stereocenters. The lowest BCUT2D eigenvalue weighted by atomic mass is 10.0. The molecule has 11 nitrogen and oxygen atoms in total. The molecular formula is C70H133O11P. The van der Waals surface area contributed by atoms with Crippen molar-refractivity contribution in [1.82, 2.24) is 0 Å². The van der Waals surface area contributed by atoms with Gasteiger partial charge in [-0.05, 0) is 70.6 Å². The molecule has 484 valence electrons. The van der Waals surface area contributed by atoms with Crippen molar-refractivity contribution in [3.63, 3.8) is 0 Å². The average Bonchev–Trinajstić information content (AvgIpc) is 3.47. The largest absolute Gasteiger partial charge is 0.472 e. The Morgan fingerprint density at radius 3 is 0.841 bits per heavy atom. The van der Waals surface area contributed by atoms with E-state index in [1.165, 1.54) is 250 Å². The van der Waals surface area contributed by atoms with E-state index in [0.29, 0.717) is 19.3 Å². The molecule has 0 aromatic heterocycles. The van der Waals surface area contributed by atoms with Gasteiger partial charge in [0.05, 0.1) is 19.8 Å². The second-order valence-electron chi connectivity index (χ2n) is 24.1. The summed E-state index contributed by atoms with van der Waals surface area (Å²) in [6, 6.07) is 0. The standard InChI is InChI=1S/C70H133O11P/c1-4-7-10-13-16-19-22-25-28-31-33-36-39-42-45-48-51-54-57-60-69(73)80-66(62-71)64-78-82(75,76)79-65-67(63-77-68(72)59-56-53-50-47-44-41-38-35-30-27-24-21-18-15-12-9-6-3)81-70(74)61-58-55-52-49-46-43-40-37-34-32-29-26-23-20-17-14-11-8-5-2/h25-26,28-29,66-67,71H,4-24,27,30-65H2,1-3H3,(H,75,76)/b28-25-,29-26-. The van der Waals surface area contributed by atoms with Gasteiger partial charge in [0.2, 0.25) is 0 Å². The summed E-state index contributed by atoms with van der Waals surface area (Å²) < 4.78 is 39.8. The number of phosphoric acid groups is 1. The molecule has 2 N–H and O–H groups in total. The molecule has 0 aromatic carbocycles. The van der Waals surface area contributed by atoms with E-state index in [-0.39, 0.29) is 25.9 Å². The van der Waals surface area contributed by atoms with Gasteiger partial charge in [-0.25, -0.2) is 4.57 Å². The van der Waals surface area contributed by atoms with Crippen LogP contribution in [0.5, 0.6) is 0 Å². The molecule has 0 rings (SSSR count). The molecule has 82 heavy (non-hydrogen) atoms. The number of unbranched alkanes of at least 4 members (excludes halogenated alkanes) is 46. The maximum atomic E-state index is 13.0. The molecule has 0 radical (unpaired) electrons. The number of carbonyl (C=O) groups excluding carboxylic acids is 3. The number of aliphatic hydroxyl groups is 1. The van der Waals surface area contributed by atoms with E-state index in [2.05, 4.69) is 45.1 Å². The molecule has 0 heterocycles. The normalized spacial score (nSPS) is 13.3. The Hall–Kier alpha value is -2.04. The Morgan fingerprint density at radius 1 is 0.329 bits per heavy atom. The van der Waals surface area contributed by atoms with Gasteiger partial charge in [0, 0.05) is 19.3 Å². The minimum absolute atomic E-state index is 0.171. The van der Waals surface area contributed by atoms with Crippen molar-refractivity contribution in [3.05, 3.63) is 24.3 Å². The van der Waals surface area contributed by atoms with Crippen LogP contribution in [0.3, 0.4) is 0 Å². The highest BCUT2D eigenvalue weighted by Crippen LogP contribution is 2.43. The van der Waals surface area contributed by atoms with Crippen molar-refractivity contribution in [2.75, 3.05) is 26.4 Å². The summed E-state index contributed by atoms with van der Waals surface area (Å²) in [6.45, 7) is 4.74. The Labute approximate surface area is 506 Å². The lowest BCUT2D eigenvalue weighted by Crippen LogP contribution is -2.30. The molecule has 12 heteroatoms. The lowest BCUT2D eigenvalue weighted by molar-refractivity contribution is -0.161. The van der Waals surface area contributed by atoms with Gasteiger partial charge in [-0.1, -0.05) is 302 Å². The minimum Gasteiger partial charge on any atom is -0.462 e. The lowest BCUT2D eigenvalue weighted by Gasteiger charge is -2.21. The van der Waals surface area contributed by atoms with Gasteiger partial charge in [-0.3, -0.25) is 23.4 Å². The van der Waals surface area contributed by atoms with Crippen molar-refractivity contribution in [3.8, 4) is 0 Å². The van der Waals surface area contributed by atoms with E-state index < -0.39 is 57.8 Å². The van der Waals surface area contributed by atoms with Crippen molar-refractivity contribution in [2.45, 2.75) is 380 Å². The van der Waals surface area contributed by atoms with Gasteiger partial charge in [0.1, 0.15) is 12.7 Å². The summed E-state index contributed by atoms with van der Waals surface area (Å²) in [6.07, 6.45) is 69.8. The molecular weight excluding hydrogens is 1050 g/mol. The van der Waals surface area contributed by atoms with Crippen molar-refractivity contribution in [2.24, 2.45) is 0 Å². The first-order chi connectivity index (χ1) is 40.2. The number of hydrogen-bond donors (Lipinski definition) is 2. The van der Waals surface area contributed by atoms with Crippen LogP contribution < -0.4 is 0 Å². The summed E-state index contributed by atoms with van der Waals surface area (Å²) in [4.78, 5) is 48.9. The van der Waals surface area contributed by atoms with Gasteiger partial charge in [0.25, 0.3) is 0 Å². The number of hydrogen-bond acceptors (Lipinski definition) is 10. The maximum Gasteiger partial charge on any atom is 0.472 e. The summed E-state index contributed by atoms with van der Waals surface area (Å²) in [7, 11) is -4.75. The first kappa shape index (κ1) is 80.0. The van der Waals surface area contributed by atoms with Crippen LogP contribution in [0.25, 0.3) is 0 Å². The predicted molar refractivity (Wildman–Crippen MR) is 344 cm³/mol. The highest BCUT2D eigenvalue weighted by atomic mass is 31.2. The summed E-state index contributed by atoms with van der Waals surface area (Å²) >= 11 is 0. The van der Waals surface area contributed by atoms with E-state index >= 15 is 0 Å². The van der Waals surface area contributed by atoms with Gasteiger partial charge in [0.15, 0.2) is 6.10 Å². The van der Waals surface area contributed by atoms with E-state index in [9.17, 15) is 28.9 Å². The average molecular weight is 1180 g/mol. The third-order valence-corrected chi connectivity index (χ3v) is 16.8. The Bertz CT molecular complexity index is 1470. The highest BCUT2D eigenvalue weighted by Gasteiger charge is 2.28. The minimum atomic E-state index is -4.75. The topological polar surface area (TPSA) is 155 Å². The fraction of sp³-hybridized carbons (Fsp3) is 0.900. The molecule has 0 aliphatic heterocycles. The maximum absolute atomic E-state index is 13.0. The zero-order valence-corrected chi connectivity index (χ0v) is 54.9. The number of esters is 3. The van der Waals surface area contributed by atoms with Crippen LogP contribution in [0, 0.1) is 0 Å². The zero-order chi connectivity index (χ0) is 59.8. The second-order valence-corrected chi connectivity index (χ2v) is 25.5. The number of carbonyl (C=O) groups is 3. The molecule has 0 saturated carbocycles. The van der Waals surface area contributed by atoms with Crippen LogP contribution in [0.1, 0.15) is 367 Å². The van der Waals surface area contributed by atoms with Crippen LogP contribution in [0.4, 0.5) is 0 Å². The number of aliphatic hydroxyl groups excluding tert-OH is 1. The van der Waals surface area contributed by atoms with Crippen LogP contribution in [0.15, 0.2) is 24.3 Å². The fourth-order valence-corrected chi connectivity index (χ4v) is 11.3. The number of allylic oxidation sites excluding steroid dienone is 4.